The first-order chi connectivity index (χ1) is 5.11. The van der Waals surface area contributed by atoms with Crippen molar-refractivity contribution >= 4 is 48.2 Å². The molecule has 11 heavy (non-hydrogen) atoms. The van der Waals surface area contributed by atoms with Crippen LogP contribution in [-0.2, 0) is 0 Å². The summed E-state index contributed by atoms with van der Waals surface area (Å²) in [4.78, 5) is 22.7. The van der Waals surface area contributed by atoms with E-state index in [2.05, 4.69) is 0 Å². The van der Waals surface area contributed by atoms with Crippen LogP contribution in [0.15, 0.2) is 11.0 Å². The van der Waals surface area contributed by atoms with Crippen LogP contribution in [0.4, 0.5) is 0 Å². The Morgan fingerprint density at radius 3 is 2.18 bits per heavy atom. The molecule has 0 saturated carbocycles. The first kappa shape index (κ1) is 9.01. The second kappa shape index (κ2) is 3.55. The minimum atomic E-state index is -0.542. The third-order valence-corrected chi connectivity index (χ3v) is 3.65. The third-order valence-electron chi connectivity index (χ3n) is 1.02. The molecular weight excluding hydrogens is 254 g/mol. The van der Waals surface area contributed by atoms with Gasteiger partial charge in [0.05, 0.1) is 0 Å². The summed E-state index contributed by atoms with van der Waals surface area (Å²) in [6.45, 7) is 0. The zero-order valence-electron chi connectivity index (χ0n) is 5.14. The molecule has 0 atom stereocenters. The molecule has 0 unspecified atom stereocenters. The first-order valence-electron chi connectivity index (χ1n) is 2.59. The minimum absolute atomic E-state index is 0.126. The van der Waals surface area contributed by atoms with Crippen molar-refractivity contribution in [3.63, 3.8) is 0 Å². The van der Waals surface area contributed by atoms with Gasteiger partial charge in [0.15, 0.2) is 0 Å². The maximum atomic E-state index is 10.5. The number of hydrogen-bond acceptors (Lipinski definition) is 2. The Labute approximate surface area is 78.8 Å². The van der Waals surface area contributed by atoms with Crippen LogP contribution in [0.5, 0.6) is 0 Å². The quantitative estimate of drug-likeness (QED) is 0.593. The molecule has 1 rings (SSSR count). The van der Waals surface area contributed by atoms with Crippen molar-refractivity contribution in [3.05, 3.63) is 21.0 Å². The number of halogens is 2. The molecule has 0 aliphatic carbocycles. The number of rotatable bonds is 2. The van der Waals surface area contributed by atoms with Gasteiger partial charge in [0.2, 0.25) is 0 Å². The van der Waals surface area contributed by atoms with Gasteiger partial charge in [-0.25, -0.2) is 0 Å². The monoisotopic (exact) mass is 256 g/mol. The molecule has 0 fully saturated rings. The Morgan fingerprint density at radius 2 is 1.91 bits per heavy atom. The van der Waals surface area contributed by atoms with E-state index in [1.165, 1.54) is 6.07 Å². The second-order valence-electron chi connectivity index (χ2n) is 1.75. The van der Waals surface area contributed by atoms with E-state index >= 15 is 0 Å². The van der Waals surface area contributed by atoms with Crippen molar-refractivity contribution in [2.24, 2.45) is 0 Å². The van der Waals surface area contributed by atoms with E-state index in [-0.39, 0.29) is 14.5 Å². The van der Waals surface area contributed by atoms with Crippen LogP contribution in [0, 0.1) is 0 Å². The molecule has 2 nitrogen and oxygen atoms in total. The molecule has 0 N–H and O–H groups in total. The molecule has 0 spiro atoms. The van der Waals surface area contributed by atoms with Crippen molar-refractivity contribution in [1.82, 2.24) is 0 Å². The van der Waals surface area contributed by atoms with Gasteiger partial charge >= 0.3 is 78.8 Å². The van der Waals surface area contributed by atoms with E-state index in [4.69, 9.17) is 23.2 Å². The van der Waals surface area contributed by atoms with E-state index in [1.807, 2.05) is 0 Å². The van der Waals surface area contributed by atoms with Crippen LogP contribution in [0.25, 0.3) is 0 Å². The summed E-state index contributed by atoms with van der Waals surface area (Å²) in [5, 5.41) is -1.05. The maximum absolute atomic E-state index is 10.5. The van der Waals surface area contributed by atoms with Crippen molar-refractivity contribution in [2.75, 3.05) is 0 Å². The summed E-state index contributed by atoms with van der Waals surface area (Å²) < 4.78 is 0.475. The Balaban J connectivity index is 2.99. The van der Waals surface area contributed by atoms with E-state index in [1.54, 1.807) is 4.94 Å². The average Bonchev–Trinajstić information content (AvgIpc) is 2.33. The summed E-state index contributed by atoms with van der Waals surface area (Å²) in [5.41, 5.74) is 0.371. The molecule has 0 aromatic carbocycles. The Hall–Kier alpha value is -0.0805. The molecule has 0 aliphatic heterocycles. The van der Waals surface area contributed by atoms with Crippen molar-refractivity contribution in [1.29, 1.82) is 0 Å². The van der Waals surface area contributed by atoms with Gasteiger partial charge in [0.25, 0.3) is 0 Å². The predicted octanol–water partition coefficient (Wildman–Crippen LogP) is 1.50. The van der Waals surface area contributed by atoms with Gasteiger partial charge < -0.3 is 0 Å². The van der Waals surface area contributed by atoms with Gasteiger partial charge in [-0.15, -0.1) is 0 Å². The van der Waals surface area contributed by atoms with Crippen LogP contribution < -0.4 is 0 Å². The zero-order valence-corrected chi connectivity index (χ0v) is 8.36. The zero-order chi connectivity index (χ0) is 8.43. The third kappa shape index (κ3) is 2.17. The van der Waals surface area contributed by atoms with E-state index in [0.29, 0.717) is 10.0 Å². The average molecular weight is 256 g/mol. The molecule has 1 heterocycles. The van der Waals surface area contributed by atoms with Gasteiger partial charge in [-0.1, -0.05) is 0 Å². The van der Waals surface area contributed by atoms with Crippen LogP contribution in [-0.4, -0.2) is 25.0 Å². The second-order valence-corrected chi connectivity index (χ2v) is 4.35. The summed E-state index contributed by atoms with van der Waals surface area (Å²) in [7, 11) is 0. The van der Waals surface area contributed by atoms with Gasteiger partial charge in [0.1, 0.15) is 0 Å². The topological polar surface area (TPSA) is 34.1 Å². The molecule has 58 valence electrons. The fourth-order valence-corrected chi connectivity index (χ4v) is 2.59. The molecule has 0 bridgehead atoms. The number of carbonyl (C=O) groups is 2. The predicted molar refractivity (Wildman–Crippen MR) is 43.7 cm³/mol. The normalized spacial score (nSPS) is 9.64. The molecule has 5 heteroatoms. The Morgan fingerprint density at radius 1 is 1.27 bits per heavy atom. The summed E-state index contributed by atoms with van der Waals surface area (Å²) in [5.74, 6) is 0. The Bertz CT molecular complexity index is 277. The van der Waals surface area contributed by atoms with Crippen LogP contribution in [0.2, 0.25) is 0 Å². The van der Waals surface area contributed by atoms with Crippen molar-refractivity contribution in [3.8, 4) is 0 Å². The summed E-state index contributed by atoms with van der Waals surface area (Å²) in [6, 6.07) is 1.44. The first-order valence-corrected chi connectivity index (χ1v) is 5.19. The molecule has 1 aromatic rings. The van der Waals surface area contributed by atoms with Gasteiger partial charge in [-0.2, -0.15) is 0 Å². The summed E-state index contributed by atoms with van der Waals surface area (Å²) in [6.07, 6.45) is 0. The van der Waals surface area contributed by atoms with Gasteiger partial charge in [0, 0.05) is 0 Å². The van der Waals surface area contributed by atoms with Crippen LogP contribution in [0.3, 0.4) is 0 Å². The van der Waals surface area contributed by atoms with E-state index < -0.39 is 10.5 Å². The molecule has 1 aromatic heterocycles. The molecular formula is C6H2Cl2O2Se. The molecule has 0 saturated heterocycles. The Kier molecular flexibility index (Phi) is 2.90. The SMILES string of the molecule is O=C(Cl)c1c[se]c(C(=O)Cl)c1. The fraction of sp³-hybridized carbons (Fsp3) is 0. The molecule has 0 radical (unpaired) electrons. The van der Waals surface area contributed by atoms with Crippen molar-refractivity contribution in [2.45, 2.75) is 0 Å². The number of carbonyl (C=O) groups excluding carboxylic acids is 2. The van der Waals surface area contributed by atoms with E-state index in [9.17, 15) is 9.59 Å². The molecule has 0 amide bonds. The molecule has 0 aliphatic rings. The fourth-order valence-electron chi connectivity index (χ4n) is 0.542. The standard InChI is InChI=1S/C6H2Cl2O2Se/c7-5(9)3-1-4(6(8)10)11-2-3/h1-2H. The van der Waals surface area contributed by atoms with Crippen LogP contribution >= 0.6 is 23.2 Å². The number of hydrogen-bond donors (Lipinski definition) is 0. The summed E-state index contributed by atoms with van der Waals surface area (Å²) >= 11 is 10.2. The van der Waals surface area contributed by atoms with Crippen LogP contribution in [0.1, 0.15) is 19.6 Å². The van der Waals surface area contributed by atoms with Gasteiger partial charge in [-0.3, -0.25) is 0 Å². The van der Waals surface area contributed by atoms with E-state index in [0.717, 1.165) is 0 Å². The van der Waals surface area contributed by atoms with Crippen molar-refractivity contribution < 1.29 is 9.59 Å². The van der Waals surface area contributed by atoms with Gasteiger partial charge in [-0.05, 0) is 0 Å².